The van der Waals surface area contributed by atoms with Crippen molar-refractivity contribution in [3.8, 4) is 0 Å². The van der Waals surface area contributed by atoms with E-state index in [1.807, 2.05) is 0 Å². The molecule has 142 valence electrons. The lowest BCUT2D eigenvalue weighted by atomic mass is 10.1. The summed E-state index contributed by atoms with van der Waals surface area (Å²) in [6, 6.07) is 8.82. The molecule has 0 aromatic heterocycles. The second kappa shape index (κ2) is 12.0. The van der Waals surface area contributed by atoms with Gasteiger partial charge >= 0.3 is 0 Å². The molecule has 1 N–H and O–H groups in total. The molecule has 1 unspecified atom stereocenters. The van der Waals surface area contributed by atoms with Gasteiger partial charge in [0.05, 0.1) is 6.54 Å². The molecule has 1 aromatic rings. The van der Waals surface area contributed by atoms with Gasteiger partial charge in [0.25, 0.3) is 0 Å². The van der Waals surface area contributed by atoms with Crippen LogP contribution in [-0.2, 0) is 13.1 Å². The number of halogens is 1. The van der Waals surface area contributed by atoms with Crippen molar-refractivity contribution in [3.63, 3.8) is 0 Å². The molecule has 1 aromatic carbocycles. The molecule has 6 heteroatoms. The minimum Gasteiger partial charge on any atom is -0.357 e. The first-order valence-electron chi connectivity index (χ1n) is 8.99. The molecule has 1 heterocycles. The Morgan fingerprint density at radius 1 is 1.24 bits per heavy atom. The van der Waals surface area contributed by atoms with Gasteiger partial charge in [-0.05, 0) is 38.6 Å². The minimum absolute atomic E-state index is 0. The Bertz CT molecular complexity index is 519. The number of benzene rings is 1. The van der Waals surface area contributed by atoms with Crippen LogP contribution in [0.4, 0.5) is 0 Å². The summed E-state index contributed by atoms with van der Waals surface area (Å²) in [4.78, 5) is 9.49. The fraction of sp³-hybridized carbons (Fsp3) is 0.632. The van der Waals surface area contributed by atoms with E-state index in [2.05, 4.69) is 79.1 Å². The molecule has 4 nitrogen and oxygen atoms in total. The zero-order valence-electron chi connectivity index (χ0n) is 16.0. The van der Waals surface area contributed by atoms with E-state index in [1.54, 1.807) is 0 Å². The summed E-state index contributed by atoms with van der Waals surface area (Å²) in [5, 5.41) is 4.19. The van der Waals surface area contributed by atoms with Crippen molar-refractivity contribution in [2.24, 2.45) is 4.99 Å². The largest absolute Gasteiger partial charge is 0.357 e. The van der Waals surface area contributed by atoms with E-state index in [4.69, 9.17) is 4.99 Å². The smallest absolute Gasteiger partial charge is 0.194 e. The number of rotatable bonds is 6. The fourth-order valence-corrected chi connectivity index (χ4v) is 4.05. The topological polar surface area (TPSA) is 30.9 Å². The quantitative estimate of drug-likeness (QED) is 0.386. The maximum atomic E-state index is 4.88. The SMILES string of the molecule is CCNC(=NCc1ccc(CN(C)C)cc1)N1CCSC(CC)C1.I. The van der Waals surface area contributed by atoms with Gasteiger partial charge in [-0.2, -0.15) is 11.8 Å². The van der Waals surface area contributed by atoms with Crippen LogP contribution in [0.5, 0.6) is 0 Å². The van der Waals surface area contributed by atoms with Crippen molar-refractivity contribution in [2.75, 3.05) is 39.5 Å². The monoisotopic (exact) mass is 476 g/mol. The Kier molecular flexibility index (Phi) is 10.8. The lowest BCUT2D eigenvalue weighted by Crippen LogP contribution is -2.48. The van der Waals surface area contributed by atoms with E-state index in [0.29, 0.717) is 0 Å². The van der Waals surface area contributed by atoms with Crippen LogP contribution in [-0.4, -0.2) is 60.5 Å². The third-order valence-corrected chi connectivity index (χ3v) is 5.53. The van der Waals surface area contributed by atoms with Crippen LogP contribution in [0, 0.1) is 0 Å². The summed E-state index contributed by atoms with van der Waals surface area (Å²) < 4.78 is 0. The van der Waals surface area contributed by atoms with Gasteiger partial charge in [0.15, 0.2) is 5.96 Å². The lowest BCUT2D eigenvalue weighted by Gasteiger charge is -2.34. The molecule has 0 aliphatic carbocycles. The highest BCUT2D eigenvalue weighted by Gasteiger charge is 2.21. The first kappa shape index (κ1) is 22.6. The Morgan fingerprint density at radius 2 is 1.92 bits per heavy atom. The van der Waals surface area contributed by atoms with Gasteiger partial charge in [-0.1, -0.05) is 31.2 Å². The van der Waals surface area contributed by atoms with Crippen molar-refractivity contribution < 1.29 is 0 Å². The summed E-state index contributed by atoms with van der Waals surface area (Å²) in [5.74, 6) is 2.26. The molecule has 1 fully saturated rings. The van der Waals surface area contributed by atoms with E-state index in [0.717, 1.165) is 43.9 Å². The number of nitrogens with one attached hydrogen (secondary N) is 1. The Morgan fingerprint density at radius 3 is 2.52 bits per heavy atom. The fourth-order valence-electron chi connectivity index (χ4n) is 2.87. The van der Waals surface area contributed by atoms with E-state index >= 15 is 0 Å². The zero-order chi connectivity index (χ0) is 17.4. The maximum absolute atomic E-state index is 4.88. The average Bonchev–Trinajstić information content (AvgIpc) is 2.59. The summed E-state index contributed by atoms with van der Waals surface area (Å²) in [7, 11) is 4.20. The van der Waals surface area contributed by atoms with E-state index in [-0.39, 0.29) is 24.0 Å². The maximum Gasteiger partial charge on any atom is 0.194 e. The summed E-state index contributed by atoms with van der Waals surface area (Å²) in [6.45, 7) is 9.26. The highest BCUT2D eigenvalue weighted by atomic mass is 127. The third-order valence-electron chi connectivity index (χ3n) is 4.16. The van der Waals surface area contributed by atoms with Crippen LogP contribution >= 0.6 is 35.7 Å². The number of aliphatic imine (C=N–C) groups is 1. The zero-order valence-corrected chi connectivity index (χ0v) is 19.1. The molecule has 0 saturated carbocycles. The molecular weight excluding hydrogens is 443 g/mol. The Hall–Kier alpha value is -0.470. The first-order chi connectivity index (χ1) is 11.6. The molecule has 1 saturated heterocycles. The van der Waals surface area contributed by atoms with Crippen LogP contribution in [0.3, 0.4) is 0 Å². The van der Waals surface area contributed by atoms with Crippen LogP contribution in [0.15, 0.2) is 29.3 Å². The van der Waals surface area contributed by atoms with Crippen LogP contribution in [0.2, 0.25) is 0 Å². The minimum atomic E-state index is 0. The van der Waals surface area contributed by atoms with Gasteiger partial charge in [-0.15, -0.1) is 24.0 Å². The van der Waals surface area contributed by atoms with E-state index in [9.17, 15) is 0 Å². The number of nitrogens with zero attached hydrogens (tertiary/aromatic N) is 3. The molecule has 0 amide bonds. The van der Waals surface area contributed by atoms with Gasteiger partial charge in [-0.3, -0.25) is 0 Å². The number of hydrogen-bond donors (Lipinski definition) is 1. The lowest BCUT2D eigenvalue weighted by molar-refractivity contribution is 0.402. The van der Waals surface area contributed by atoms with E-state index in [1.165, 1.54) is 23.3 Å². The molecule has 1 aliphatic rings. The van der Waals surface area contributed by atoms with Crippen molar-refractivity contribution in [2.45, 2.75) is 38.6 Å². The predicted molar refractivity (Wildman–Crippen MR) is 122 cm³/mol. The van der Waals surface area contributed by atoms with Crippen molar-refractivity contribution in [1.82, 2.24) is 15.1 Å². The molecule has 2 rings (SSSR count). The molecular formula is C19H33IN4S. The summed E-state index contributed by atoms with van der Waals surface area (Å²) in [6.07, 6.45) is 1.23. The highest BCUT2D eigenvalue weighted by Crippen LogP contribution is 2.21. The number of thioether (sulfide) groups is 1. The van der Waals surface area contributed by atoms with Crippen LogP contribution in [0.1, 0.15) is 31.4 Å². The Balaban J connectivity index is 0.00000312. The molecule has 0 spiro atoms. The van der Waals surface area contributed by atoms with Gasteiger partial charge < -0.3 is 15.1 Å². The standard InChI is InChI=1S/C19H32N4S.HI/c1-5-18-15-23(11-12-24-18)19(20-6-2)21-13-16-7-9-17(10-8-16)14-22(3)4;/h7-10,18H,5-6,11-15H2,1-4H3,(H,20,21);1H. The average molecular weight is 476 g/mol. The number of guanidine groups is 1. The van der Waals surface area contributed by atoms with Crippen molar-refractivity contribution in [3.05, 3.63) is 35.4 Å². The van der Waals surface area contributed by atoms with Gasteiger partial charge in [-0.25, -0.2) is 4.99 Å². The predicted octanol–water partition coefficient (Wildman–Crippen LogP) is 3.66. The highest BCUT2D eigenvalue weighted by molar-refractivity contribution is 14.0. The second-order valence-corrected chi connectivity index (χ2v) is 7.98. The van der Waals surface area contributed by atoms with Gasteiger partial charge in [0, 0.05) is 37.2 Å². The van der Waals surface area contributed by atoms with Gasteiger partial charge in [0.1, 0.15) is 0 Å². The molecule has 0 bridgehead atoms. The van der Waals surface area contributed by atoms with Gasteiger partial charge in [0.2, 0.25) is 0 Å². The molecule has 1 aliphatic heterocycles. The molecule has 1 atom stereocenters. The normalized spacial score (nSPS) is 18.2. The third kappa shape index (κ3) is 7.74. The molecule has 25 heavy (non-hydrogen) atoms. The van der Waals surface area contributed by atoms with Crippen molar-refractivity contribution in [1.29, 1.82) is 0 Å². The van der Waals surface area contributed by atoms with E-state index < -0.39 is 0 Å². The van der Waals surface area contributed by atoms with Crippen LogP contribution < -0.4 is 5.32 Å². The first-order valence-corrected chi connectivity index (χ1v) is 10.0. The van der Waals surface area contributed by atoms with Crippen LogP contribution in [0.25, 0.3) is 0 Å². The number of hydrogen-bond acceptors (Lipinski definition) is 3. The second-order valence-electron chi connectivity index (χ2n) is 6.57. The summed E-state index contributed by atoms with van der Waals surface area (Å²) >= 11 is 2.09. The van der Waals surface area contributed by atoms with Crippen molar-refractivity contribution >= 4 is 41.7 Å². The summed E-state index contributed by atoms with van der Waals surface area (Å²) in [5.41, 5.74) is 2.62. The Labute approximate surface area is 174 Å². The molecule has 0 radical (unpaired) electrons.